The van der Waals surface area contributed by atoms with Gasteiger partial charge in [-0.2, -0.15) is 5.10 Å². The normalized spacial score (nSPS) is 12.8. The Bertz CT molecular complexity index is 529. The first-order chi connectivity index (χ1) is 9.13. The first kappa shape index (κ1) is 14.2. The zero-order chi connectivity index (χ0) is 13.8. The average Bonchev–Trinajstić information content (AvgIpc) is 3.01. The van der Waals surface area contributed by atoms with E-state index in [1.807, 2.05) is 17.8 Å². The molecule has 0 fully saturated rings. The Hall–Kier alpha value is -1.20. The third kappa shape index (κ3) is 3.42. The van der Waals surface area contributed by atoms with Crippen molar-refractivity contribution in [1.29, 1.82) is 0 Å². The summed E-state index contributed by atoms with van der Waals surface area (Å²) in [7, 11) is 0. The van der Waals surface area contributed by atoms with Gasteiger partial charge in [0.15, 0.2) is 0 Å². The highest BCUT2D eigenvalue weighted by Gasteiger charge is 2.11. The second kappa shape index (κ2) is 6.30. The summed E-state index contributed by atoms with van der Waals surface area (Å²) < 4.78 is 2.05. The average molecular weight is 278 g/mol. The Morgan fingerprint density at radius 3 is 2.84 bits per heavy atom. The number of aromatic nitrogens is 3. The number of rotatable bonds is 6. The Morgan fingerprint density at radius 2 is 2.21 bits per heavy atom. The molecule has 0 spiro atoms. The predicted molar refractivity (Wildman–Crippen MR) is 79.4 cm³/mol. The molecule has 1 unspecified atom stereocenters. The lowest BCUT2D eigenvalue weighted by Gasteiger charge is -2.11. The van der Waals surface area contributed by atoms with Crippen LogP contribution >= 0.6 is 11.3 Å². The largest absolute Gasteiger partial charge is 0.302 e. The molecule has 0 amide bonds. The topological polar surface area (TPSA) is 42.7 Å². The van der Waals surface area contributed by atoms with Crippen LogP contribution in [0.5, 0.6) is 0 Å². The fourth-order valence-corrected chi connectivity index (χ4v) is 2.93. The summed E-state index contributed by atoms with van der Waals surface area (Å²) in [4.78, 5) is 5.83. The van der Waals surface area contributed by atoms with Crippen LogP contribution in [0, 0.1) is 6.92 Å². The van der Waals surface area contributed by atoms with Gasteiger partial charge in [-0.15, -0.1) is 11.3 Å². The summed E-state index contributed by atoms with van der Waals surface area (Å²) >= 11 is 1.80. The Balaban J connectivity index is 1.97. The van der Waals surface area contributed by atoms with E-state index in [1.165, 1.54) is 10.6 Å². The van der Waals surface area contributed by atoms with Crippen molar-refractivity contribution >= 4 is 11.3 Å². The van der Waals surface area contributed by atoms with Crippen LogP contribution in [0.2, 0.25) is 0 Å². The standard InChI is InChI=1S/C14H22N4S/c1-5-13-9-16-14(19-13)11(4)15-8-12-7-10(3)17-18(12)6-2/h7,9,11,15H,5-6,8H2,1-4H3. The molecule has 19 heavy (non-hydrogen) atoms. The maximum absolute atomic E-state index is 4.48. The molecular weight excluding hydrogens is 256 g/mol. The summed E-state index contributed by atoms with van der Waals surface area (Å²) in [6.07, 6.45) is 3.05. The molecule has 0 aliphatic heterocycles. The molecule has 0 aliphatic carbocycles. The summed E-state index contributed by atoms with van der Waals surface area (Å²) in [6, 6.07) is 2.42. The molecule has 1 N–H and O–H groups in total. The number of nitrogens with one attached hydrogen (secondary N) is 1. The minimum absolute atomic E-state index is 0.283. The van der Waals surface area contributed by atoms with Crippen LogP contribution < -0.4 is 5.32 Å². The maximum atomic E-state index is 4.48. The molecule has 2 heterocycles. The van der Waals surface area contributed by atoms with E-state index in [0.29, 0.717) is 0 Å². The van der Waals surface area contributed by atoms with Crippen molar-refractivity contribution in [3.8, 4) is 0 Å². The Labute approximate surface area is 118 Å². The smallest absolute Gasteiger partial charge is 0.109 e. The van der Waals surface area contributed by atoms with Crippen molar-refractivity contribution in [1.82, 2.24) is 20.1 Å². The molecule has 2 aromatic heterocycles. The van der Waals surface area contributed by atoms with E-state index in [4.69, 9.17) is 0 Å². The van der Waals surface area contributed by atoms with Crippen molar-refractivity contribution in [2.45, 2.75) is 53.2 Å². The van der Waals surface area contributed by atoms with Gasteiger partial charge >= 0.3 is 0 Å². The van der Waals surface area contributed by atoms with Gasteiger partial charge in [0.25, 0.3) is 0 Å². The zero-order valence-corrected chi connectivity index (χ0v) is 12.9. The summed E-state index contributed by atoms with van der Waals surface area (Å²) in [5, 5.41) is 9.15. The first-order valence-electron chi connectivity index (χ1n) is 6.85. The fraction of sp³-hybridized carbons (Fsp3) is 0.571. The van der Waals surface area contributed by atoms with Gasteiger partial charge in [-0.25, -0.2) is 4.98 Å². The monoisotopic (exact) mass is 278 g/mol. The summed E-state index contributed by atoms with van der Waals surface area (Å²) in [5.74, 6) is 0. The second-order valence-electron chi connectivity index (χ2n) is 4.71. The van der Waals surface area contributed by atoms with Gasteiger partial charge < -0.3 is 5.32 Å². The van der Waals surface area contributed by atoms with Crippen molar-refractivity contribution in [3.05, 3.63) is 33.5 Å². The number of thiazole rings is 1. The highest BCUT2D eigenvalue weighted by molar-refractivity contribution is 7.11. The number of aryl methyl sites for hydroxylation is 3. The Morgan fingerprint density at radius 1 is 1.42 bits per heavy atom. The molecular formula is C14H22N4S. The molecule has 0 aliphatic rings. The predicted octanol–water partition coefficient (Wildman–Crippen LogP) is 3.08. The molecule has 2 rings (SSSR count). The number of hydrogen-bond acceptors (Lipinski definition) is 4. The quantitative estimate of drug-likeness (QED) is 0.883. The van der Waals surface area contributed by atoms with Crippen molar-refractivity contribution in [2.24, 2.45) is 0 Å². The molecule has 0 aromatic carbocycles. The molecule has 4 nitrogen and oxygen atoms in total. The summed E-state index contributed by atoms with van der Waals surface area (Å²) in [6.45, 7) is 10.2. The van der Waals surface area contributed by atoms with Gasteiger partial charge in [-0.05, 0) is 33.3 Å². The van der Waals surface area contributed by atoms with Gasteiger partial charge in [0, 0.05) is 24.2 Å². The highest BCUT2D eigenvalue weighted by Crippen LogP contribution is 2.20. The lowest BCUT2D eigenvalue weighted by Crippen LogP contribution is -2.20. The zero-order valence-electron chi connectivity index (χ0n) is 12.1. The molecule has 0 bridgehead atoms. The number of hydrogen-bond donors (Lipinski definition) is 1. The summed E-state index contributed by atoms with van der Waals surface area (Å²) in [5.41, 5.74) is 2.31. The molecule has 1 atom stereocenters. The molecule has 2 aromatic rings. The van der Waals surface area contributed by atoms with E-state index in [0.717, 1.165) is 30.2 Å². The molecule has 0 saturated carbocycles. The lowest BCUT2D eigenvalue weighted by molar-refractivity contribution is 0.529. The third-order valence-corrected chi connectivity index (χ3v) is 4.49. The van der Waals surface area contributed by atoms with Gasteiger partial charge in [-0.3, -0.25) is 4.68 Å². The van der Waals surface area contributed by atoms with E-state index in [1.54, 1.807) is 11.3 Å². The maximum Gasteiger partial charge on any atom is 0.109 e. The van der Waals surface area contributed by atoms with Crippen LogP contribution in [-0.4, -0.2) is 14.8 Å². The van der Waals surface area contributed by atoms with Crippen LogP contribution in [0.4, 0.5) is 0 Å². The molecule has 104 valence electrons. The Kier molecular flexibility index (Phi) is 4.71. The van der Waals surface area contributed by atoms with Crippen molar-refractivity contribution in [3.63, 3.8) is 0 Å². The van der Waals surface area contributed by atoms with Crippen molar-refractivity contribution in [2.75, 3.05) is 0 Å². The molecule has 0 radical (unpaired) electrons. The minimum Gasteiger partial charge on any atom is -0.302 e. The van der Waals surface area contributed by atoms with E-state index in [-0.39, 0.29) is 6.04 Å². The SMILES string of the molecule is CCc1cnc(C(C)NCc2cc(C)nn2CC)s1. The minimum atomic E-state index is 0.283. The number of nitrogens with zero attached hydrogens (tertiary/aromatic N) is 3. The van der Waals surface area contributed by atoms with E-state index >= 15 is 0 Å². The van der Waals surface area contributed by atoms with E-state index in [2.05, 4.69) is 42.2 Å². The van der Waals surface area contributed by atoms with Crippen LogP contribution in [0.1, 0.15) is 48.1 Å². The van der Waals surface area contributed by atoms with Gasteiger partial charge in [-0.1, -0.05) is 6.92 Å². The fourth-order valence-electron chi connectivity index (χ4n) is 2.05. The van der Waals surface area contributed by atoms with Crippen LogP contribution in [0.3, 0.4) is 0 Å². The van der Waals surface area contributed by atoms with Crippen LogP contribution in [0.15, 0.2) is 12.3 Å². The lowest BCUT2D eigenvalue weighted by atomic mass is 10.3. The van der Waals surface area contributed by atoms with Crippen LogP contribution in [0.25, 0.3) is 0 Å². The molecule has 0 saturated heterocycles. The highest BCUT2D eigenvalue weighted by atomic mass is 32.1. The third-order valence-electron chi connectivity index (χ3n) is 3.16. The first-order valence-corrected chi connectivity index (χ1v) is 7.67. The van der Waals surface area contributed by atoms with E-state index in [9.17, 15) is 0 Å². The van der Waals surface area contributed by atoms with Crippen LogP contribution in [-0.2, 0) is 19.5 Å². The van der Waals surface area contributed by atoms with Gasteiger partial charge in [0.05, 0.1) is 17.4 Å². The van der Waals surface area contributed by atoms with E-state index < -0.39 is 0 Å². The second-order valence-corrected chi connectivity index (χ2v) is 5.86. The van der Waals surface area contributed by atoms with Gasteiger partial charge in [0.1, 0.15) is 5.01 Å². The van der Waals surface area contributed by atoms with Gasteiger partial charge in [0.2, 0.25) is 0 Å². The van der Waals surface area contributed by atoms with Crippen molar-refractivity contribution < 1.29 is 0 Å². The molecule has 5 heteroatoms.